The second-order valence-corrected chi connectivity index (χ2v) is 4.29. The summed E-state index contributed by atoms with van der Waals surface area (Å²) in [6, 6.07) is 3.38. The lowest BCUT2D eigenvalue weighted by molar-refractivity contribution is -0.162. The van der Waals surface area contributed by atoms with Crippen LogP contribution < -0.4 is 10.5 Å². The van der Waals surface area contributed by atoms with Gasteiger partial charge in [0.2, 0.25) is 0 Å². The lowest BCUT2D eigenvalue weighted by Crippen LogP contribution is -2.39. The number of ether oxygens (including phenoxy) is 1. The minimum absolute atomic E-state index is 0.0782. The fourth-order valence-electron chi connectivity index (χ4n) is 1.12. The molecule has 8 heteroatoms. The number of hydrogen-bond donors (Lipinski definition) is 2. The van der Waals surface area contributed by atoms with Gasteiger partial charge in [0.05, 0.1) is 4.47 Å². The van der Waals surface area contributed by atoms with E-state index in [1.807, 2.05) is 0 Å². The summed E-state index contributed by atoms with van der Waals surface area (Å²) in [7, 11) is 0. The van der Waals surface area contributed by atoms with E-state index in [0.717, 1.165) is 12.1 Å². The maximum atomic E-state index is 12.9. The molecule has 1 unspecified atom stereocenters. The van der Waals surface area contributed by atoms with E-state index in [1.165, 1.54) is 6.07 Å². The van der Waals surface area contributed by atoms with Crippen molar-refractivity contribution in [3.8, 4) is 5.75 Å². The maximum absolute atomic E-state index is 12.9. The van der Waals surface area contributed by atoms with Gasteiger partial charge in [0, 0.05) is 6.07 Å². The van der Waals surface area contributed by atoms with Gasteiger partial charge in [0.1, 0.15) is 29.9 Å². The average molecular weight is 329 g/mol. The van der Waals surface area contributed by atoms with Crippen LogP contribution in [0.25, 0.3) is 0 Å². The normalized spacial score (nSPS) is 13.2. The van der Waals surface area contributed by atoms with Crippen molar-refractivity contribution < 1.29 is 22.3 Å². The molecule has 100 valence electrons. The molecule has 0 fully saturated rings. The highest BCUT2D eigenvalue weighted by Crippen LogP contribution is 2.30. The number of halogens is 5. The highest BCUT2D eigenvalue weighted by Gasteiger charge is 2.42. The van der Waals surface area contributed by atoms with Crippen molar-refractivity contribution in [1.82, 2.24) is 0 Å². The predicted molar refractivity (Wildman–Crippen MR) is 61.1 cm³/mol. The lowest BCUT2D eigenvalue weighted by Gasteiger charge is -2.19. The van der Waals surface area contributed by atoms with Crippen LogP contribution in [0.4, 0.5) is 17.6 Å². The molecule has 0 aliphatic rings. The van der Waals surface area contributed by atoms with Gasteiger partial charge in [-0.2, -0.15) is 13.2 Å². The molecule has 0 saturated carbocycles. The highest BCUT2D eigenvalue weighted by molar-refractivity contribution is 9.10. The molecule has 0 bridgehead atoms. The molecule has 0 aromatic heterocycles. The van der Waals surface area contributed by atoms with Crippen molar-refractivity contribution in [3.63, 3.8) is 0 Å². The van der Waals surface area contributed by atoms with E-state index < -0.39 is 30.4 Å². The largest absolute Gasteiger partial charge is 0.491 e. The molecule has 0 aliphatic carbocycles. The molecule has 1 aromatic carbocycles. The third-order valence-corrected chi connectivity index (χ3v) is 2.72. The number of alkyl halides is 3. The van der Waals surface area contributed by atoms with Crippen molar-refractivity contribution >= 4 is 21.8 Å². The zero-order chi connectivity index (χ0) is 13.9. The summed E-state index contributed by atoms with van der Waals surface area (Å²) in [5, 5.41) is 6.86. The summed E-state index contributed by atoms with van der Waals surface area (Å²) in [4.78, 5) is 0. The number of nitrogens with one attached hydrogen (secondary N) is 1. The summed E-state index contributed by atoms with van der Waals surface area (Å²) < 4.78 is 55.4. The van der Waals surface area contributed by atoms with E-state index >= 15 is 0 Å². The summed E-state index contributed by atoms with van der Waals surface area (Å²) in [6.07, 6.45) is -4.67. The number of amidine groups is 1. The Morgan fingerprint density at radius 3 is 2.56 bits per heavy atom. The zero-order valence-corrected chi connectivity index (χ0v) is 10.5. The Labute approximate surface area is 109 Å². The standard InChI is InChI=1S/C10H9BrF4N2O/c11-7-2-1-5(12)3-8(7)18-4-6(9(16)17)10(13,14)15/h1-3,6H,4H2,(H3,16,17). The summed E-state index contributed by atoms with van der Waals surface area (Å²) in [6.45, 7) is -0.874. The topological polar surface area (TPSA) is 59.1 Å². The van der Waals surface area contributed by atoms with Gasteiger partial charge in [-0.15, -0.1) is 0 Å². The van der Waals surface area contributed by atoms with Crippen molar-refractivity contribution in [3.05, 3.63) is 28.5 Å². The molecular formula is C10H9BrF4N2O. The first kappa shape index (κ1) is 14.7. The molecule has 0 spiro atoms. The molecule has 0 saturated heterocycles. The van der Waals surface area contributed by atoms with Crippen molar-refractivity contribution in [2.45, 2.75) is 6.18 Å². The molecule has 18 heavy (non-hydrogen) atoms. The highest BCUT2D eigenvalue weighted by atomic mass is 79.9. The SMILES string of the molecule is N=C(N)C(COc1cc(F)ccc1Br)C(F)(F)F. The minimum atomic E-state index is -4.67. The Balaban J connectivity index is 2.79. The van der Waals surface area contributed by atoms with Crippen LogP contribution in [0.5, 0.6) is 5.75 Å². The van der Waals surface area contributed by atoms with Gasteiger partial charge in [-0.3, -0.25) is 5.41 Å². The summed E-state index contributed by atoms with van der Waals surface area (Å²) in [5.41, 5.74) is 4.85. The molecular weight excluding hydrogens is 320 g/mol. The number of rotatable bonds is 4. The lowest BCUT2D eigenvalue weighted by atomic mass is 10.1. The Morgan fingerprint density at radius 2 is 2.06 bits per heavy atom. The third-order valence-electron chi connectivity index (χ3n) is 2.07. The first-order valence-electron chi connectivity index (χ1n) is 4.70. The minimum Gasteiger partial charge on any atom is -0.491 e. The van der Waals surface area contributed by atoms with E-state index in [9.17, 15) is 17.6 Å². The van der Waals surface area contributed by atoms with Crippen LogP contribution in [0, 0.1) is 17.1 Å². The molecule has 1 rings (SSSR count). The van der Waals surface area contributed by atoms with E-state index in [1.54, 1.807) is 0 Å². The molecule has 0 aliphatic heterocycles. The van der Waals surface area contributed by atoms with Gasteiger partial charge in [-0.1, -0.05) is 0 Å². The first-order chi connectivity index (χ1) is 8.21. The third kappa shape index (κ3) is 3.86. The van der Waals surface area contributed by atoms with Crippen molar-refractivity contribution in [1.29, 1.82) is 5.41 Å². The van der Waals surface area contributed by atoms with Crippen LogP contribution in [-0.4, -0.2) is 18.6 Å². The number of hydrogen-bond acceptors (Lipinski definition) is 2. The molecule has 3 N–H and O–H groups in total. The zero-order valence-electron chi connectivity index (χ0n) is 8.89. The molecule has 0 radical (unpaired) electrons. The Hall–Kier alpha value is -1.31. The van der Waals surface area contributed by atoms with Crippen molar-refractivity contribution in [2.24, 2.45) is 11.7 Å². The van der Waals surface area contributed by atoms with E-state index in [0.29, 0.717) is 4.47 Å². The summed E-state index contributed by atoms with van der Waals surface area (Å²) >= 11 is 3.01. The van der Waals surface area contributed by atoms with Gasteiger partial charge in [0.25, 0.3) is 0 Å². The van der Waals surface area contributed by atoms with E-state index in [4.69, 9.17) is 15.9 Å². The quantitative estimate of drug-likeness (QED) is 0.507. The van der Waals surface area contributed by atoms with Gasteiger partial charge in [-0.05, 0) is 28.1 Å². The Bertz CT molecular complexity index is 450. The average Bonchev–Trinajstić information content (AvgIpc) is 2.20. The van der Waals surface area contributed by atoms with Gasteiger partial charge < -0.3 is 10.5 Å². The molecule has 0 heterocycles. The molecule has 1 atom stereocenters. The Morgan fingerprint density at radius 1 is 1.44 bits per heavy atom. The Kier molecular flexibility index (Phi) is 4.55. The second-order valence-electron chi connectivity index (χ2n) is 3.44. The van der Waals surface area contributed by atoms with Crippen LogP contribution in [0.2, 0.25) is 0 Å². The molecule has 1 aromatic rings. The van der Waals surface area contributed by atoms with Crippen LogP contribution in [0.15, 0.2) is 22.7 Å². The second kappa shape index (κ2) is 5.55. The van der Waals surface area contributed by atoms with E-state index in [-0.39, 0.29) is 5.75 Å². The maximum Gasteiger partial charge on any atom is 0.401 e. The fourth-order valence-corrected chi connectivity index (χ4v) is 1.48. The van der Waals surface area contributed by atoms with Crippen molar-refractivity contribution in [2.75, 3.05) is 6.61 Å². The van der Waals surface area contributed by atoms with Gasteiger partial charge >= 0.3 is 6.18 Å². The van der Waals surface area contributed by atoms with Crippen LogP contribution >= 0.6 is 15.9 Å². The fraction of sp³-hybridized carbons (Fsp3) is 0.300. The summed E-state index contributed by atoms with van der Waals surface area (Å²) in [5.74, 6) is -3.98. The smallest absolute Gasteiger partial charge is 0.401 e. The van der Waals surface area contributed by atoms with Crippen LogP contribution in [0.3, 0.4) is 0 Å². The van der Waals surface area contributed by atoms with E-state index in [2.05, 4.69) is 15.9 Å². The van der Waals surface area contributed by atoms with Gasteiger partial charge in [-0.25, -0.2) is 4.39 Å². The number of nitrogens with two attached hydrogens (primary N) is 1. The monoisotopic (exact) mass is 328 g/mol. The van der Waals surface area contributed by atoms with Gasteiger partial charge in [0.15, 0.2) is 0 Å². The number of benzene rings is 1. The van der Waals surface area contributed by atoms with Crippen LogP contribution in [0.1, 0.15) is 0 Å². The van der Waals surface area contributed by atoms with Crippen LogP contribution in [-0.2, 0) is 0 Å². The molecule has 0 amide bonds. The molecule has 3 nitrogen and oxygen atoms in total. The first-order valence-corrected chi connectivity index (χ1v) is 5.49. The predicted octanol–water partition coefficient (Wildman–Crippen LogP) is 3.08.